The third-order valence-electron chi connectivity index (χ3n) is 10.7. The van der Waals surface area contributed by atoms with Crippen LogP contribution in [-0.2, 0) is 19.4 Å². The van der Waals surface area contributed by atoms with Gasteiger partial charge >= 0.3 is 395 Å². The number of alkyl halides is 36. The topological polar surface area (TPSA) is 36.9 Å². The number of hydrogen-bond donors (Lipinski definition) is 0. The zero-order valence-electron chi connectivity index (χ0n) is 34.5. The van der Waals surface area contributed by atoms with Gasteiger partial charge in [0.25, 0.3) is 0 Å². The molecular weight excluding hydrogens is 1200 g/mol. The molecule has 3 rings (SSSR count). The Morgan fingerprint density at radius 2 is 0.316 bits per heavy atom. The molecular formula is C35H15AlF36O4-2. The summed E-state index contributed by atoms with van der Waals surface area (Å²) in [5.41, 5.74) is -51.9. The third kappa shape index (κ3) is 9.48. The van der Waals surface area contributed by atoms with E-state index in [1.807, 2.05) is 0 Å². The second-order valence-electron chi connectivity index (χ2n) is 15.1. The summed E-state index contributed by atoms with van der Waals surface area (Å²) in [5.74, 6) is 0. The van der Waals surface area contributed by atoms with E-state index in [9.17, 15) is 0 Å². The molecule has 0 spiro atoms. The Hall–Kier alpha value is -4.49. The van der Waals surface area contributed by atoms with E-state index in [2.05, 4.69) is 15.2 Å². The van der Waals surface area contributed by atoms with Crippen LogP contribution in [0, 0.1) is 0 Å². The molecule has 0 heterocycles. The van der Waals surface area contributed by atoms with Crippen LogP contribution in [0.4, 0.5) is 158 Å². The molecule has 0 aromatic heterocycles. The zero-order valence-corrected chi connectivity index (χ0v) is 35.6. The first-order valence-electron chi connectivity index (χ1n) is 18.3. The number of rotatable bonds is 12. The SMILES string of the molecule is FC(F)(F)C([O][Al-2]([O]C(C(F)(F)F)(C(F)(F)F)C(F)(F)F)([O]C(C(F)(F)F)(C(F)(F)F)C(F)(F)F)([O]C(C(F)(F)F)(C(F)(F)F)C(F)(F)F)[C](c1ccccc1)(c1ccccc1)c1ccccc1)(C(F)(F)F)C(F)(F)F. The minimum absolute atomic E-state index is 0.0125. The molecule has 0 saturated carbocycles. The van der Waals surface area contributed by atoms with Crippen molar-refractivity contribution in [3.05, 3.63) is 108 Å². The molecule has 0 amide bonds. The van der Waals surface area contributed by atoms with Gasteiger partial charge in [0, 0.05) is 0 Å². The molecule has 0 aliphatic carbocycles. The third-order valence-corrected chi connectivity index (χ3v) is 16.2. The van der Waals surface area contributed by atoms with Gasteiger partial charge in [-0.05, 0) is 0 Å². The average molecular weight is 1210 g/mol. The molecule has 0 unspecified atom stereocenters. The molecule has 0 atom stereocenters. The van der Waals surface area contributed by atoms with E-state index < -0.39 is 204 Å². The van der Waals surface area contributed by atoms with Crippen molar-refractivity contribution in [2.24, 2.45) is 0 Å². The molecule has 41 heteroatoms. The second kappa shape index (κ2) is 18.6. The second-order valence-corrected chi connectivity index (χ2v) is 19.0. The molecule has 0 bridgehead atoms. The van der Waals surface area contributed by atoms with Gasteiger partial charge in [-0.2, -0.15) is 0 Å². The molecule has 4 nitrogen and oxygen atoms in total. The van der Waals surface area contributed by atoms with Crippen molar-refractivity contribution >= 4 is 13.3 Å². The van der Waals surface area contributed by atoms with Gasteiger partial charge in [0.1, 0.15) is 0 Å². The van der Waals surface area contributed by atoms with Gasteiger partial charge in [0.2, 0.25) is 0 Å². The number of halogens is 36. The van der Waals surface area contributed by atoms with E-state index in [0.29, 0.717) is 0 Å². The van der Waals surface area contributed by atoms with Gasteiger partial charge in [0.15, 0.2) is 0 Å². The van der Waals surface area contributed by atoms with Crippen LogP contribution in [-0.4, -0.2) is 110 Å². The fourth-order valence-electron chi connectivity index (χ4n) is 7.87. The maximum atomic E-state index is 15.4. The molecule has 0 aliphatic heterocycles. The zero-order chi connectivity index (χ0) is 60.1. The van der Waals surface area contributed by atoms with Crippen molar-refractivity contribution in [3.63, 3.8) is 0 Å². The Bertz CT molecular complexity index is 1990. The van der Waals surface area contributed by atoms with Gasteiger partial charge in [-0.3, -0.25) is 0 Å². The van der Waals surface area contributed by atoms with Crippen molar-refractivity contribution in [3.8, 4) is 0 Å². The summed E-state index contributed by atoms with van der Waals surface area (Å²) in [6, 6.07) is -9.06. The fourth-order valence-corrected chi connectivity index (χ4v) is 15.1. The summed E-state index contributed by atoms with van der Waals surface area (Å²) in [7, 11) is 0. The first-order valence-corrected chi connectivity index (χ1v) is 20.8. The molecule has 0 aliphatic rings. The molecule has 3 aromatic carbocycles. The van der Waals surface area contributed by atoms with E-state index in [4.69, 9.17) is 0 Å². The van der Waals surface area contributed by atoms with Crippen LogP contribution in [0.25, 0.3) is 0 Å². The van der Waals surface area contributed by atoms with Crippen molar-refractivity contribution in [1.29, 1.82) is 0 Å². The van der Waals surface area contributed by atoms with Crippen molar-refractivity contribution in [1.82, 2.24) is 0 Å². The van der Waals surface area contributed by atoms with Crippen molar-refractivity contribution < 1.29 is 173 Å². The Morgan fingerprint density at radius 1 is 0.197 bits per heavy atom. The minimum atomic E-state index is -16.0. The predicted molar refractivity (Wildman–Crippen MR) is 173 cm³/mol. The summed E-state index contributed by atoms with van der Waals surface area (Å²) >= 11 is -16.0. The van der Waals surface area contributed by atoms with Crippen LogP contribution in [0.3, 0.4) is 0 Å². The molecule has 76 heavy (non-hydrogen) atoms. The molecule has 0 N–H and O–H groups in total. The summed E-state index contributed by atoms with van der Waals surface area (Å²) in [6.45, 7) is 0. The summed E-state index contributed by atoms with van der Waals surface area (Å²) in [4.78, 5) is 0. The normalized spacial score (nSPS) is 16.4. The van der Waals surface area contributed by atoms with Crippen LogP contribution >= 0.6 is 0 Å². The van der Waals surface area contributed by atoms with Crippen LogP contribution < -0.4 is 0 Å². The quantitative estimate of drug-likeness (QED) is 0.103. The number of hydrogen-bond acceptors (Lipinski definition) is 4. The van der Waals surface area contributed by atoms with Gasteiger partial charge < -0.3 is 0 Å². The molecule has 3 aromatic rings. The van der Waals surface area contributed by atoms with Gasteiger partial charge in [0.05, 0.1) is 0 Å². The van der Waals surface area contributed by atoms with E-state index in [1.54, 1.807) is 0 Å². The summed E-state index contributed by atoms with van der Waals surface area (Å²) in [6.07, 6.45) is -119. The molecule has 0 saturated heterocycles. The van der Waals surface area contributed by atoms with E-state index in [0.717, 1.165) is 0 Å². The van der Waals surface area contributed by atoms with Crippen LogP contribution in [0.1, 0.15) is 16.7 Å². The standard InChI is InChI=1S/C19H15.4C4F9O.Al/c1-4-10-16(11-5-1)19(17-12-6-2-7-13-17)18-14-8-3-9-15-18;4*5-2(6,7)1(14,3(8,9)10)4(11,12)13;/h1-15H;;;;;/q;4*-1;+2. The fraction of sp³-hybridized carbons (Fsp3) is 0.486. The van der Waals surface area contributed by atoms with Crippen LogP contribution in [0.5, 0.6) is 0 Å². The van der Waals surface area contributed by atoms with E-state index in [1.165, 1.54) is 0 Å². The Balaban J connectivity index is 3.82. The van der Waals surface area contributed by atoms with E-state index in [-0.39, 0.29) is 18.2 Å². The molecule has 436 valence electrons. The van der Waals surface area contributed by atoms with Crippen LogP contribution in [0.15, 0.2) is 91.0 Å². The average Bonchev–Trinajstić information content (AvgIpc) is 3.16. The summed E-state index contributed by atoms with van der Waals surface area (Å²) < 4.78 is 554. The predicted octanol–water partition coefficient (Wildman–Crippen LogP) is 15.7. The molecule has 0 fully saturated rings. The van der Waals surface area contributed by atoms with Gasteiger partial charge in [-0.1, -0.05) is 0 Å². The summed E-state index contributed by atoms with van der Waals surface area (Å²) in [5, 5.41) is 0. The molecule has 0 radical (unpaired) electrons. The Labute approximate surface area is 395 Å². The van der Waals surface area contributed by atoms with Gasteiger partial charge in [-0.15, -0.1) is 0 Å². The van der Waals surface area contributed by atoms with Crippen molar-refractivity contribution in [2.45, 2.75) is 101 Å². The first kappa shape index (κ1) is 65.8. The monoisotopic (exact) mass is 1210 g/mol. The van der Waals surface area contributed by atoms with Crippen molar-refractivity contribution in [2.75, 3.05) is 0 Å². The number of benzene rings is 3. The Kier molecular flexibility index (Phi) is 16.1. The Morgan fingerprint density at radius 3 is 0.421 bits per heavy atom. The van der Waals surface area contributed by atoms with Gasteiger partial charge in [-0.25, -0.2) is 0 Å². The van der Waals surface area contributed by atoms with E-state index >= 15 is 158 Å². The van der Waals surface area contributed by atoms with Crippen LogP contribution in [0.2, 0.25) is 0 Å². The maximum absolute atomic E-state index is 16.0. The first-order chi connectivity index (χ1) is 33.2.